The zero-order valence-electron chi connectivity index (χ0n) is 13.0. The van der Waals surface area contributed by atoms with E-state index in [0.717, 1.165) is 25.3 Å². The number of carbonyl (C=O) groups excluding carboxylic acids is 1. The Morgan fingerprint density at radius 1 is 1.35 bits per heavy atom. The molecule has 1 heterocycles. The van der Waals surface area contributed by atoms with Crippen molar-refractivity contribution in [1.29, 1.82) is 0 Å². The van der Waals surface area contributed by atoms with Crippen LogP contribution in [0.4, 0.5) is 0 Å². The maximum Gasteiger partial charge on any atom is 0.223 e. The van der Waals surface area contributed by atoms with Crippen molar-refractivity contribution < 1.29 is 4.79 Å². The quantitative estimate of drug-likeness (QED) is 0.790. The molecule has 3 nitrogen and oxygen atoms in total. The number of hydrogen-bond donors (Lipinski definition) is 2. The fourth-order valence-corrected chi connectivity index (χ4v) is 3.36. The van der Waals surface area contributed by atoms with Crippen LogP contribution in [0.3, 0.4) is 0 Å². The summed E-state index contributed by atoms with van der Waals surface area (Å²) in [5, 5.41) is 6.80. The van der Waals surface area contributed by atoms with E-state index in [1.807, 2.05) is 0 Å². The topological polar surface area (TPSA) is 41.1 Å². The molecule has 0 aromatic rings. The molecule has 1 aliphatic heterocycles. The van der Waals surface area contributed by atoms with Crippen LogP contribution in [-0.2, 0) is 4.79 Å². The largest absolute Gasteiger partial charge is 0.353 e. The summed E-state index contributed by atoms with van der Waals surface area (Å²) in [5.74, 6) is 1.32. The Hall–Kier alpha value is -0.280. The lowest BCUT2D eigenvalue weighted by Crippen LogP contribution is -2.48. The van der Waals surface area contributed by atoms with E-state index < -0.39 is 0 Å². The van der Waals surface area contributed by atoms with Crippen molar-refractivity contribution in [1.82, 2.24) is 10.6 Å². The van der Waals surface area contributed by atoms with Gasteiger partial charge in [-0.25, -0.2) is 0 Å². The second-order valence-corrected chi connectivity index (χ2v) is 6.52. The molecule has 2 aliphatic rings. The van der Waals surface area contributed by atoms with Crippen LogP contribution in [0.2, 0.25) is 0 Å². The number of nitrogens with one attached hydrogen (secondary N) is 2. The van der Waals surface area contributed by atoms with Gasteiger partial charge in [0.15, 0.2) is 0 Å². The van der Waals surface area contributed by atoms with Crippen molar-refractivity contribution in [2.45, 2.75) is 77.3 Å². The van der Waals surface area contributed by atoms with Gasteiger partial charge < -0.3 is 10.6 Å². The zero-order valence-corrected chi connectivity index (χ0v) is 13.8. The normalized spacial score (nSPS) is 28.1. The second kappa shape index (κ2) is 8.89. The number of rotatable bonds is 6. The molecule has 0 spiro atoms. The van der Waals surface area contributed by atoms with Crippen LogP contribution in [0, 0.1) is 11.8 Å². The molecule has 118 valence electrons. The van der Waals surface area contributed by atoms with E-state index >= 15 is 0 Å². The Labute approximate surface area is 130 Å². The van der Waals surface area contributed by atoms with Gasteiger partial charge in [-0.3, -0.25) is 4.79 Å². The van der Waals surface area contributed by atoms with Crippen molar-refractivity contribution in [2.24, 2.45) is 11.8 Å². The predicted octanol–water partition coefficient (Wildman–Crippen LogP) is 3.27. The maximum absolute atomic E-state index is 12.4. The van der Waals surface area contributed by atoms with Gasteiger partial charge in [0.05, 0.1) is 0 Å². The molecule has 0 radical (unpaired) electrons. The minimum absolute atomic E-state index is 0. The van der Waals surface area contributed by atoms with Crippen LogP contribution < -0.4 is 10.6 Å². The standard InChI is InChI=1S/C16H30N2O.ClH/c1-3-4-8-15(13-6-5-7-13)18-16(19)14-9-10-17-12(2)11-14;/h12-15,17H,3-11H2,1-2H3,(H,18,19);1H/t12-,14-,15?;/m0./s1. The van der Waals surface area contributed by atoms with Gasteiger partial charge in [-0.05, 0) is 51.5 Å². The number of piperidine rings is 1. The Kier molecular flexibility index (Phi) is 7.90. The molecule has 1 saturated carbocycles. The van der Waals surface area contributed by atoms with Crippen molar-refractivity contribution in [3.05, 3.63) is 0 Å². The van der Waals surface area contributed by atoms with Crippen LogP contribution in [0.15, 0.2) is 0 Å². The summed E-state index contributed by atoms with van der Waals surface area (Å²) in [6, 6.07) is 0.939. The lowest BCUT2D eigenvalue weighted by atomic mass is 9.77. The summed E-state index contributed by atoms with van der Waals surface area (Å²) < 4.78 is 0. The first kappa shape index (κ1) is 17.8. The van der Waals surface area contributed by atoms with Gasteiger partial charge in [0.25, 0.3) is 0 Å². The highest BCUT2D eigenvalue weighted by molar-refractivity contribution is 5.85. The second-order valence-electron chi connectivity index (χ2n) is 6.52. The van der Waals surface area contributed by atoms with Crippen molar-refractivity contribution in [3.63, 3.8) is 0 Å². The smallest absolute Gasteiger partial charge is 0.223 e. The van der Waals surface area contributed by atoms with E-state index in [1.54, 1.807) is 0 Å². The van der Waals surface area contributed by atoms with E-state index in [1.165, 1.54) is 38.5 Å². The summed E-state index contributed by atoms with van der Waals surface area (Å²) in [5.41, 5.74) is 0. The van der Waals surface area contributed by atoms with Crippen LogP contribution in [0.5, 0.6) is 0 Å². The maximum atomic E-state index is 12.4. The van der Waals surface area contributed by atoms with Gasteiger partial charge in [0, 0.05) is 18.0 Å². The summed E-state index contributed by atoms with van der Waals surface area (Å²) in [6.45, 7) is 5.40. The first-order valence-electron chi connectivity index (χ1n) is 8.24. The first-order chi connectivity index (χ1) is 9.20. The highest BCUT2D eigenvalue weighted by atomic mass is 35.5. The molecule has 4 heteroatoms. The fraction of sp³-hybridized carbons (Fsp3) is 0.938. The third-order valence-corrected chi connectivity index (χ3v) is 4.91. The van der Waals surface area contributed by atoms with E-state index in [4.69, 9.17) is 0 Å². The lowest BCUT2D eigenvalue weighted by molar-refractivity contribution is -0.127. The van der Waals surface area contributed by atoms with Crippen LogP contribution in [0.1, 0.15) is 65.2 Å². The SMILES string of the molecule is CCCCC(NC(=O)[C@H]1CCN[C@@H](C)C1)C1CCC1.Cl. The van der Waals surface area contributed by atoms with Gasteiger partial charge in [-0.1, -0.05) is 26.2 Å². The van der Waals surface area contributed by atoms with Crippen LogP contribution in [0.25, 0.3) is 0 Å². The number of carbonyl (C=O) groups is 1. The highest BCUT2D eigenvalue weighted by Gasteiger charge is 2.31. The molecule has 1 aliphatic carbocycles. The minimum atomic E-state index is 0. The van der Waals surface area contributed by atoms with E-state index in [0.29, 0.717) is 18.0 Å². The van der Waals surface area contributed by atoms with Gasteiger partial charge in [-0.2, -0.15) is 0 Å². The minimum Gasteiger partial charge on any atom is -0.353 e. The van der Waals surface area contributed by atoms with Crippen LogP contribution >= 0.6 is 12.4 Å². The summed E-state index contributed by atoms with van der Waals surface area (Å²) in [7, 11) is 0. The Balaban J connectivity index is 0.00000200. The molecular formula is C16H31ClN2O. The summed E-state index contributed by atoms with van der Waals surface area (Å²) >= 11 is 0. The van der Waals surface area contributed by atoms with Gasteiger partial charge >= 0.3 is 0 Å². The zero-order chi connectivity index (χ0) is 13.7. The molecule has 20 heavy (non-hydrogen) atoms. The predicted molar refractivity (Wildman–Crippen MR) is 86.2 cm³/mol. The number of hydrogen-bond acceptors (Lipinski definition) is 2. The Morgan fingerprint density at radius 3 is 2.65 bits per heavy atom. The number of unbranched alkanes of at least 4 members (excludes halogenated alkanes) is 1. The molecule has 1 unspecified atom stereocenters. The molecule has 2 fully saturated rings. The number of amides is 1. The summed E-state index contributed by atoms with van der Waals surface area (Å²) in [6.07, 6.45) is 9.63. The Bertz CT molecular complexity index is 294. The molecule has 3 atom stereocenters. The van der Waals surface area contributed by atoms with Crippen molar-refractivity contribution in [3.8, 4) is 0 Å². The monoisotopic (exact) mass is 302 g/mol. The van der Waals surface area contributed by atoms with Gasteiger partial charge in [0.2, 0.25) is 5.91 Å². The third kappa shape index (κ3) is 4.92. The highest BCUT2D eigenvalue weighted by Crippen LogP contribution is 2.32. The molecule has 0 bridgehead atoms. The molecule has 0 aromatic carbocycles. The molecule has 2 rings (SSSR count). The molecule has 1 saturated heterocycles. The average Bonchev–Trinajstić information content (AvgIpc) is 2.33. The molecule has 2 N–H and O–H groups in total. The van der Waals surface area contributed by atoms with E-state index in [9.17, 15) is 4.79 Å². The lowest BCUT2D eigenvalue weighted by Gasteiger charge is -2.36. The van der Waals surface area contributed by atoms with E-state index in [2.05, 4.69) is 24.5 Å². The summed E-state index contributed by atoms with van der Waals surface area (Å²) in [4.78, 5) is 12.4. The molecule has 1 amide bonds. The van der Waals surface area contributed by atoms with Gasteiger partial charge in [-0.15, -0.1) is 12.4 Å². The third-order valence-electron chi connectivity index (χ3n) is 4.91. The van der Waals surface area contributed by atoms with Crippen LogP contribution in [-0.4, -0.2) is 24.5 Å². The first-order valence-corrected chi connectivity index (χ1v) is 8.24. The number of halogens is 1. The molecular weight excluding hydrogens is 272 g/mol. The van der Waals surface area contributed by atoms with Gasteiger partial charge in [0.1, 0.15) is 0 Å². The van der Waals surface area contributed by atoms with E-state index in [-0.39, 0.29) is 18.3 Å². The van der Waals surface area contributed by atoms with Crippen molar-refractivity contribution >= 4 is 18.3 Å². The molecule has 0 aromatic heterocycles. The van der Waals surface area contributed by atoms with Crippen molar-refractivity contribution in [2.75, 3.05) is 6.54 Å². The fourth-order valence-electron chi connectivity index (χ4n) is 3.36. The Morgan fingerprint density at radius 2 is 2.10 bits per heavy atom. The average molecular weight is 303 g/mol.